The number of nitrogens with zero attached hydrogens (tertiary/aromatic N) is 5. The molecule has 1 saturated heterocycles. The number of carbonyl (C=O) groups is 1. The SMILES string of the molecule is CS(=O)(=O)N1CCC[C@@H](Nc2ncc3nc(Nc4c(Cl)cc(Cl)cc4Cl)n([C@H]4CC[C@H](C(N)=O)CC4)c3n2)C1. The summed E-state index contributed by atoms with van der Waals surface area (Å²) < 4.78 is 27.6. The Morgan fingerprint density at radius 3 is 2.41 bits per heavy atom. The molecule has 11 nitrogen and oxygen atoms in total. The van der Waals surface area contributed by atoms with Gasteiger partial charge in [-0.2, -0.15) is 4.98 Å². The lowest BCUT2D eigenvalue weighted by atomic mass is 9.85. The molecule has 0 bridgehead atoms. The monoisotopic (exact) mass is 614 g/mol. The summed E-state index contributed by atoms with van der Waals surface area (Å²) in [6.45, 7) is 0.847. The largest absolute Gasteiger partial charge is 0.369 e. The number of amides is 1. The molecular weight excluding hydrogens is 587 g/mol. The molecule has 0 unspecified atom stereocenters. The molecule has 2 fully saturated rings. The maximum atomic E-state index is 12.1. The van der Waals surface area contributed by atoms with Gasteiger partial charge in [0, 0.05) is 36.1 Å². The lowest BCUT2D eigenvalue weighted by Gasteiger charge is -2.31. The number of imidazole rings is 1. The van der Waals surface area contributed by atoms with E-state index in [1.54, 1.807) is 18.3 Å². The first-order valence-electron chi connectivity index (χ1n) is 12.7. The molecule has 1 aliphatic carbocycles. The lowest BCUT2D eigenvalue weighted by Crippen LogP contribution is -2.44. The van der Waals surface area contributed by atoms with Crippen LogP contribution in [0.1, 0.15) is 44.6 Å². The van der Waals surface area contributed by atoms with Crippen LogP contribution in [0.3, 0.4) is 0 Å². The molecule has 2 aromatic heterocycles. The van der Waals surface area contributed by atoms with Gasteiger partial charge in [0.1, 0.15) is 5.52 Å². The number of anilines is 3. The van der Waals surface area contributed by atoms with E-state index in [2.05, 4.69) is 15.6 Å². The topological polar surface area (TPSA) is 148 Å². The Bertz CT molecular complexity index is 1480. The molecule has 1 amide bonds. The van der Waals surface area contributed by atoms with E-state index in [0.29, 0.717) is 82.6 Å². The van der Waals surface area contributed by atoms with Gasteiger partial charge >= 0.3 is 0 Å². The van der Waals surface area contributed by atoms with Crippen molar-refractivity contribution < 1.29 is 13.2 Å². The minimum atomic E-state index is -3.29. The lowest BCUT2D eigenvalue weighted by molar-refractivity contribution is -0.122. The number of rotatable bonds is 7. The van der Waals surface area contributed by atoms with Crippen molar-refractivity contribution in [1.29, 1.82) is 0 Å². The number of carbonyl (C=O) groups excluding carboxylic acids is 1. The van der Waals surface area contributed by atoms with Crippen molar-refractivity contribution >= 4 is 79.5 Å². The number of hydrogen-bond acceptors (Lipinski definition) is 8. The molecule has 39 heavy (non-hydrogen) atoms. The quantitative estimate of drug-likeness (QED) is 0.350. The summed E-state index contributed by atoms with van der Waals surface area (Å²) in [5.41, 5.74) is 7.17. The van der Waals surface area contributed by atoms with Crippen molar-refractivity contribution in [3.05, 3.63) is 33.4 Å². The second kappa shape index (κ2) is 11.2. The first-order chi connectivity index (χ1) is 18.5. The zero-order valence-corrected chi connectivity index (χ0v) is 24.3. The van der Waals surface area contributed by atoms with Gasteiger partial charge in [-0.1, -0.05) is 34.8 Å². The molecule has 0 radical (unpaired) electrons. The number of primary amides is 1. The first kappa shape index (κ1) is 28.2. The van der Waals surface area contributed by atoms with Crippen LogP contribution >= 0.6 is 34.8 Å². The second-order valence-electron chi connectivity index (χ2n) is 10.1. The van der Waals surface area contributed by atoms with E-state index < -0.39 is 10.0 Å². The van der Waals surface area contributed by atoms with Crippen LogP contribution < -0.4 is 16.4 Å². The Hall–Kier alpha value is -2.38. The van der Waals surface area contributed by atoms with Gasteiger partial charge in [0.2, 0.25) is 27.8 Å². The number of sulfonamides is 1. The molecule has 0 spiro atoms. The maximum absolute atomic E-state index is 12.1. The van der Waals surface area contributed by atoms with E-state index in [9.17, 15) is 13.2 Å². The Labute approximate surface area is 241 Å². The summed E-state index contributed by atoms with van der Waals surface area (Å²) in [5, 5.41) is 7.64. The summed E-state index contributed by atoms with van der Waals surface area (Å²) in [5.74, 6) is 0.407. The number of piperidine rings is 1. The smallest absolute Gasteiger partial charge is 0.225 e. The number of aromatic nitrogens is 4. The van der Waals surface area contributed by atoms with Gasteiger partial charge in [-0.15, -0.1) is 0 Å². The third kappa shape index (κ3) is 6.19. The number of nitrogens with one attached hydrogen (secondary N) is 2. The number of nitrogens with two attached hydrogens (primary N) is 1. The van der Waals surface area contributed by atoms with Crippen LogP contribution in [0.2, 0.25) is 15.1 Å². The Kier molecular flexibility index (Phi) is 8.12. The van der Waals surface area contributed by atoms with Crippen molar-refractivity contribution in [2.75, 3.05) is 30.0 Å². The van der Waals surface area contributed by atoms with Gasteiger partial charge in [0.25, 0.3) is 0 Å². The molecule has 3 aromatic rings. The van der Waals surface area contributed by atoms with Crippen molar-refractivity contribution in [3.63, 3.8) is 0 Å². The predicted molar refractivity (Wildman–Crippen MR) is 153 cm³/mol. The van der Waals surface area contributed by atoms with Crippen molar-refractivity contribution in [1.82, 2.24) is 23.8 Å². The summed E-state index contributed by atoms with van der Waals surface area (Å²) in [6, 6.07) is 3.04. The number of fused-ring (bicyclic) bond motifs is 1. The number of hydrogen-bond donors (Lipinski definition) is 3. The summed E-state index contributed by atoms with van der Waals surface area (Å²) >= 11 is 19.0. The van der Waals surface area contributed by atoms with E-state index in [-0.39, 0.29) is 23.9 Å². The summed E-state index contributed by atoms with van der Waals surface area (Å²) in [4.78, 5) is 25.8. The molecule has 1 aliphatic heterocycles. The predicted octanol–water partition coefficient (Wildman–Crippen LogP) is 4.58. The van der Waals surface area contributed by atoms with Gasteiger partial charge in [-0.05, 0) is 50.7 Å². The third-order valence-corrected chi connectivity index (χ3v) is 9.41. The molecule has 5 rings (SSSR count). The van der Waals surface area contributed by atoms with E-state index in [4.69, 9.17) is 50.5 Å². The fourth-order valence-corrected chi connectivity index (χ4v) is 7.15. The van der Waals surface area contributed by atoms with E-state index in [0.717, 1.165) is 12.8 Å². The zero-order chi connectivity index (χ0) is 27.9. The Morgan fingerprint density at radius 1 is 1.08 bits per heavy atom. The molecule has 1 atom stereocenters. The molecule has 1 saturated carbocycles. The van der Waals surface area contributed by atoms with Crippen molar-refractivity contribution in [2.24, 2.45) is 11.7 Å². The average molecular weight is 616 g/mol. The normalized spacial score (nSPS) is 22.6. The highest BCUT2D eigenvalue weighted by Crippen LogP contribution is 2.40. The number of halogens is 3. The first-order valence-corrected chi connectivity index (χ1v) is 15.7. The highest BCUT2D eigenvalue weighted by molar-refractivity contribution is 7.88. The van der Waals surface area contributed by atoms with E-state index in [1.807, 2.05) is 4.57 Å². The van der Waals surface area contributed by atoms with Crippen molar-refractivity contribution in [3.8, 4) is 0 Å². The van der Waals surface area contributed by atoms with Crippen LogP contribution in [-0.2, 0) is 14.8 Å². The molecule has 4 N–H and O–H groups in total. The minimum absolute atomic E-state index is 0.0175. The highest BCUT2D eigenvalue weighted by Gasteiger charge is 2.30. The van der Waals surface area contributed by atoms with Gasteiger partial charge < -0.3 is 16.4 Å². The number of benzene rings is 1. The van der Waals surface area contributed by atoms with Gasteiger partial charge in [-0.25, -0.2) is 22.7 Å². The molecule has 1 aromatic carbocycles. The standard InChI is InChI=1S/C24H29Cl3N8O3S/c1-39(37,38)34-8-2-3-15(12-34)30-23-29-11-19-22(33-23)35(16-6-4-13(5-7-16)21(28)36)24(31-19)32-20-17(26)9-14(25)10-18(20)27/h9-11,13,15-16H,2-8,12H2,1H3,(H2,28,36)(H,31,32)(H,29,30,33)/t13-,15-,16-/m1/s1. The van der Waals surface area contributed by atoms with Crippen molar-refractivity contribution in [2.45, 2.75) is 50.6 Å². The van der Waals surface area contributed by atoms with Crippen LogP contribution in [-0.4, -0.2) is 63.5 Å². The Balaban J connectivity index is 1.50. The molecule has 3 heterocycles. The summed E-state index contributed by atoms with van der Waals surface area (Å²) in [6.07, 6.45) is 7.10. The average Bonchev–Trinajstić information content (AvgIpc) is 3.23. The highest BCUT2D eigenvalue weighted by atomic mass is 35.5. The van der Waals surface area contributed by atoms with Crippen LogP contribution in [0.5, 0.6) is 0 Å². The molecular formula is C24H29Cl3N8O3S. The molecule has 15 heteroatoms. The van der Waals surface area contributed by atoms with E-state index in [1.165, 1.54) is 10.6 Å². The third-order valence-electron chi connectivity index (χ3n) is 7.33. The van der Waals surface area contributed by atoms with Gasteiger partial charge in [0.15, 0.2) is 5.65 Å². The van der Waals surface area contributed by atoms with E-state index >= 15 is 0 Å². The fourth-order valence-electron chi connectivity index (χ4n) is 5.33. The van der Waals surface area contributed by atoms with Crippen LogP contribution in [0.15, 0.2) is 18.3 Å². The fraction of sp³-hybridized carbons (Fsp3) is 0.500. The second-order valence-corrected chi connectivity index (χ2v) is 13.3. The Morgan fingerprint density at radius 2 is 1.77 bits per heavy atom. The van der Waals surface area contributed by atoms with Crippen LogP contribution in [0.4, 0.5) is 17.6 Å². The maximum Gasteiger partial charge on any atom is 0.225 e. The minimum Gasteiger partial charge on any atom is -0.369 e. The molecule has 2 aliphatic rings. The summed E-state index contributed by atoms with van der Waals surface area (Å²) in [7, 11) is -3.29. The van der Waals surface area contributed by atoms with Gasteiger partial charge in [-0.3, -0.25) is 9.36 Å². The zero-order valence-electron chi connectivity index (χ0n) is 21.2. The van der Waals surface area contributed by atoms with Gasteiger partial charge in [0.05, 0.1) is 28.2 Å². The molecule has 210 valence electrons. The van der Waals surface area contributed by atoms with Crippen LogP contribution in [0, 0.1) is 5.92 Å². The van der Waals surface area contributed by atoms with Crippen LogP contribution in [0.25, 0.3) is 11.2 Å².